The van der Waals surface area contributed by atoms with E-state index in [1.54, 1.807) is 30.3 Å². The minimum absolute atomic E-state index is 0.101. The molecule has 232 valence electrons. The molecule has 0 bridgehead atoms. The third kappa shape index (κ3) is 13.4. The molecule has 1 saturated heterocycles. The van der Waals surface area contributed by atoms with E-state index in [0.29, 0.717) is 6.54 Å². The van der Waals surface area contributed by atoms with E-state index >= 15 is 0 Å². The Kier molecular flexibility index (Phi) is 15.3. The molecule has 0 radical (unpaired) electrons. The molecular formula is C29H34N2O12. The Bertz CT molecular complexity index is 1270. The number of carbonyl (C=O) groups is 7. The number of esters is 5. The Morgan fingerprint density at radius 1 is 0.814 bits per heavy atom. The molecule has 14 nitrogen and oxygen atoms in total. The molecule has 0 spiro atoms. The Morgan fingerprint density at radius 2 is 1.30 bits per heavy atom. The molecule has 1 fully saturated rings. The Balaban J connectivity index is 0.000000380. The molecule has 1 amide bonds. The van der Waals surface area contributed by atoms with Crippen molar-refractivity contribution < 1.29 is 57.6 Å². The standard InChI is InChI=1S/C15H17NO7.C7H9N.C7H8O5/c1-9(17)22-12(13(15(20)21)23-10(2)18)14(19)16-8-11-6-4-3-5-7-11;8-6-7-4-2-1-3-5-7;1-3-5(11-4(2)8)7(10)12-6(3)9/h3-7,12-13H,8H2,1-2H3,(H,16,19)(H,20,21);1-5H,6,8H2;3,5H,1-2H3/t12-,13-;;3-,5-/m1.1/s1. The highest BCUT2D eigenvalue weighted by Crippen LogP contribution is 2.19. The summed E-state index contributed by atoms with van der Waals surface area (Å²) in [7, 11) is 0. The van der Waals surface area contributed by atoms with Gasteiger partial charge in [0.05, 0.1) is 0 Å². The van der Waals surface area contributed by atoms with E-state index in [9.17, 15) is 33.6 Å². The molecule has 4 atom stereocenters. The summed E-state index contributed by atoms with van der Waals surface area (Å²) in [6.45, 7) is 5.39. The average molecular weight is 603 g/mol. The first-order valence-electron chi connectivity index (χ1n) is 12.8. The van der Waals surface area contributed by atoms with Gasteiger partial charge in [-0.15, -0.1) is 0 Å². The summed E-state index contributed by atoms with van der Waals surface area (Å²) < 4.78 is 18.1. The summed E-state index contributed by atoms with van der Waals surface area (Å²) in [6, 6.07) is 18.8. The van der Waals surface area contributed by atoms with Crippen LogP contribution >= 0.6 is 0 Å². The highest BCUT2D eigenvalue weighted by molar-refractivity contribution is 5.98. The van der Waals surface area contributed by atoms with E-state index in [1.165, 1.54) is 19.4 Å². The number of aliphatic carboxylic acids is 1. The molecule has 2 aromatic carbocycles. The van der Waals surface area contributed by atoms with Crippen LogP contribution in [0.15, 0.2) is 60.7 Å². The van der Waals surface area contributed by atoms with Crippen LogP contribution in [-0.4, -0.2) is 65.1 Å². The highest BCUT2D eigenvalue weighted by Gasteiger charge is 2.43. The second-order valence-electron chi connectivity index (χ2n) is 8.85. The number of nitrogens with two attached hydrogens (primary N) is 1. The fourth-order valence-electron chi connectivity index (χ4n) is 3.26. The lowest BCUT2D eigenvalue weighted by Crippen LogP contribution is -2.49. The van der Waals surface area contributed by atoms with Gasteiger partial charge in [0.2, 0.25) is 18.3 Å². The SMILES string of the molecule is CC(=O)O[C@@H](C(=O)O)[C@@H](OC(C)=O)C(=O)NCc1ccccc1.CC(=O)O[C@H]1C(=O)OC(=O)[C@@H]1C.NCc1ccccc1. The van der Waals surface area contributed by atoms with Crippen molar-refractivity contribution in [1.29, 1.82) is 0 Å². The molecule has 1 aliphatic heterocycles. The smallest absolute Gasteiger partial charge is 0.356 e. The van der Waals surface area contributed by atoms with Crippen molar-refractivity contribution in [3.8, 4) is 0 Å². The third-order valence-corrected chi connectivity index (χ3v) is 5.30. The number of hydrogen-bond donors (Lipinski definition) is 3. The number of amides is 1. The highest BCUT2D eigenvalue weighted by atomic mass is 16.6. The van der Waals surface area contributed by atoms with Gasteiger partial charge in [-0.05, 0) is 18.1 Å². The van der Waals surface area contributed by atoms with E-state index in [4.69, 9.17) is 15.6 Å². The van der Waals surface area contributed by atoms with E-state index in [1.807, 2.05) is 30.3 Å². The molecule has 3 rings (SSSR count). The molecule has 0 saturated carbocycles. The zero-order valence-corrected chi connectivity index (χ0v) is 24.0. The summed E-state index contributed by atoms with van der Waals surface area (Å²) in [5, 5.41) is 11.5. The van der Waals surface area contributed by atoms with Gasteiger partial charge < -0.3 is 35.1 Å². The average Bonchev–Trinajstić information content (AvgIpc) is 3.20. The monoisotopic (exact) mass is 602 g/mol. The van der Waals surface area contributed by atoms with Gasteiger partial charge in [0.15, 0.2) is 0 Å². The first-order valence-corrected chi connectivity index (χ1v) is 12.8. The van der Waals surface area contributed by atoms with Gasteiger partial charge in [0, 0.05) is 33.9 Å². The summed E-state index contributed by atoms with van der Waals surface area (Å²) in [4.78, 5) is 77.4. The molecular weight excluding hydrogens is 568 g/mol. The van der Waals surface area contributed by atoms with Gasteiger partial charge in [-0.3, -0.25) is 24.0 Å². The number of rotatable bonds is 9. The molecule has 1 aliphatic rings. The van der Waals surface area contributed by atoms with E-state index in [0.717, 1.165) is 19.4 Å². The maximum atomic E-state index is 12.1. The maximum absolute atomic E-state index is 12.1. The van der Waals surface area contributed by atoms with Crippen LogP contribution in [0.5, 0.6) is 0 Å². The zero-order valence-electron chi connectivity index (χ0n) is 24.0. The quantitative estimate of drug-likeness (QED) is 0.208. The van der Waals surface area contributed by atoms with Crippen LogP contribution in [-0.2, 0) is 65.6 Å². The number of hydrogen-bond acceptors (Lipinski definition) is 12. The minimum atomic E-state index is -1.92. The number of carboxylic acids is 1. The number of cyclic esters (lactones) is 2. The third-order valence-electron chi connectivity index (χ3n) is 5.30. The van der Waals surface area contributed by atoms with Crippen LogP contribution < -0.4 is 11.1 Å². The molecule has 1 heterocycles. The second kappa shape index (κ2) is 18.3. The predicted octanol–water partition coefficient (Wildman–Crippen LogP) is 1.03. The van der Waals surface area contributed by atoms with Gasteiger partial charge in [0.1, 0.15) is 5.92 Å². The molecule has 0 aromatic heterocycles. The molecule has 43 heavy (non-hydrogen) atoms. The van der Waals surface area contributed by atoms with Crippen LogP contribution in [0.25, 0.3) is 0 Å². The second-order valence-corrected chi connectivity index (χ2v) is 8.85. The first-order chi connectivity index (χ1) is 20.3. The van der Waals surface area contributed by atoms with Gasteiger partial charge in [-0.25, -0.2) is 9.59 Å². The Labute approximate surface area is 247 Å². The Morgan fingerprint density at radius 3 is 1.67 bits per heavy atom. The van der Waals surface area contributed by atoms with Crippen LogP contribution in [0.4, 0.5) is 0 Å². The normalized spacial score (nSPS) is 16.4. The summed E-state index contributed by atoms with van der Waals surface area (Å²) in [6.07, 6.45) is -4.76. The summed E-state index contributed by atoms with van der Waals surface area (Å²) in [5.74, 6) is -6.98. The number of carboxylic acid groups (broad SMARTS) is 1. The van der Waals surface area contributed by atoms with Gasteiger partial charge in [-0.1, -0.05) is 60.7 Å². The first kappa shape index (κ1) is 35.9. The topological polar surface area (TPSA) is 215 Å². The number of benzene rings is 2. The molecule has 14 heteroatoms. The molecule has 4 N–H and O–H groups in total. The fraction of sp³-hybridized carbons (Fsp3) is 0.345. The van der Waals surface area contributed by atoms with Crippen LogP contribution in [0.3, 0.4) is 0 Å². The maximum Gasteiger partial charge on any atom is 0.356 e. The summed E-state index contributed by atoms with van der Waals surface area (Å²) in [5.41, 5.74) is 7.30. The lowest BCUT2D eigenvalue weighted by atomic mass is 10.1. The minimum Gasteiger partial charge on any atom is -0.478 e. The fourth-order valence-corrected chi connectivity index (χ4v) is 3.26. The van der Waals surface area contributed by atoms with E-state index in [2.05, 4.69) is 19.5 Å². The number of carbonyl (C=O) groups excluding carboxylic acids is 6. The van der Waals surface area contributed by atoms with Gasteiger partial charge in [-0.2, -0.15) is 0 Å². The van der Waals surface area contributed by atoms with Crippen molar-refractivity contribution in [2.24, 2.45) is 11.7 Å². The summed E-state index contributed by atoms with van der Waals surface area (Å²) >= 11 is 0. The Hall–Kier alpha value is -5.11. The van der Waals surface area contributed by atoms with Gasteiger partial charge in [0.25, 0.3) is 5.91 Å². The number of nitrogens with one attached hydrogen (secondary N) is 1. The van der Waals surface area contributed by atoms with Crippen LogP contribution in [0, 0.1) is 5.92 Å². The van der Waals surface area contributed by atoms with Crippen molar-refractivity contribution in [2.75, 3.05) is 0 Å². The van der Waals surface area contributed by atoms with Crippen molar-refractivity contribution in [3.05, 3.63) is 71.8 Å². The lowest BCUT2D eigenvalue weighted by Gasteiger charge is -2.22. The van der Waals surface area contributed by atoms with Crippen molar-refractivity contribution >= 4 is 41.7 Å². The van der Waals surface area contributed by atoms with Crippen LogP contribution in [0.1, 0.15) is 38.8 Å². The van der Waals surface area contributed by atoms with Crippen molar-refractivity contribution in [1.82, 2.24) is 5.32 Å². The largest absolute Gasteiger partial charge is 0.478 e. The molecule has 2 aromatic rings. The molecule has 0 unspecified atom stereocenters. The van der Waals surface area contributed by atoms with E-state index < -0.39 is 66.0 Å². The van der Waals surface area contributed by atoms with E-state index in [-0.39, 0.29) is 6.54 Å². The lowest BCUT2D eigenvalue weighted by molar-refractivity contribution is -0.180. The molecule has 0 aliphatic carbocycles. The predicted molar refractivity (Wildman–Crippen MR) is 147 cm³/mol. The van der Waals surface area contributed by atoms with Crippen LogP contribution in [0.2, 0.25) is 0 Å². The zero-order chi connectivity index (χ0) is 32.5. The van der Waals surface area contributed by atoms with Crippen molar-refractivity contribution in [3.63, 3.8) is 0 Å². The van der Waals surface area contributed by atoms with Crippen molar-refractivity contribution in [2.45, 2.75) is 59.1 Å². The number of ether oxygens (including phenoxy) is 4. The van der Waals surface area contributed by atoms with Gasteiger partial charge >= 0.3 is 35.8 Å².